The molecule has 1 aliphatic rings. The van der Waals surface area contributed by atoms with E-state index in [9.17, 15) is 4.79 Å². The van der Waals surface area contributed by atoms with Crippen LogP contribution >= 0.6 is 0 Å². The van der Waals surface area contributed by atoms with Gasteiger partial charge in [0.15, 0.2) is 0 Å². The van der Waals surface area contributed by atoms with Crippen LogP contribution in [0.3, 0.4) is 0 Å². The number of amides is 2. The van der Waals surface area contributed by atoms with Gasteiger partial charge in [-0.2, -0.15) is 0 Å². The number of aromatic nitrogens is 1. The molecule has 140 valence electrons. The topological polar surface area (TPSA) is 66.5 Å². The predicted octanol–water partition coefficient (Wildman–Crippen LogP) is 2.33. The van der Waals surface area contributed by atoms with Crippen LogP contribution in [0.4, 0.5) is 4.79 Å². The largest absolute Gasteiger partial charge is 0.379 e. The SMILES string of the molecule is CCC(CC)C(CNC(=O)NCc1cccc(C)n1)N1CCOCC1. The molecule has 1 unspecified atom stereocenters. The lowest BCUT2D eigenvalue weighted by Crippen LogP contribution is -2.53. The fourth-order valence-electron chi connectivity index (χ4n) is 3.46. The van der Waals surface area contributed by atoms with Crippen LogP contribution in [0.15, 0.2) is 18.2 Å². The first kappa shape index (κ1) is 19.7. The van der Waals surface area contributed by atoms with Crippen LogP contribution in [0.2, 0.25) is 0 Å². The quantitative estimate of drug-likeness (QED) is 0.757. The maximum atomic E-state index is 12.2. The fourth-order valence-corrected chi connectivity index (χ4v) is 3.46. The minimum Gasteiger partial charge on any atom is -0.379 e. The van der Waals surface area contributed by atoms with Crippen LogP contribution in [0.5, 0.6) is 0 Å². The minimum atomic E-state index is -0.132. The molecule has 2 N–H and O–H groups in total. The molecule has 25 heavy (non-hydrogen) atoms. The Hall–Kier alpha value is -1.66. The zero-order chi connectivity index (χ0) is 18.1. The van der Waals surface area contributed by atoms with E-state index in [-0.39, 0.29) is 6.03 Å². The van der Waals surface area contributed by atoms with E-state index in [1.54, 1.807) is 0 Å². The number of nitrogens with zero attached hydrogens (tertiary/aromatic N) is 2. The van der Waals surface area contributed by atoms with Crippen molar-refractivity contribution in [3.8, 4) is 0 Å². The first-order valence-electron chi connectivity index (χ1n) is 9.40. The Labute approximate surface area is 151 Å². The van der Waals surface area contributed by atoms with E-state index in [1.807, 2.05) is 25.1 Å². The lowest BCUT2D eigenvalue weighted by Gasteiger charge is -2.38. The average Bonchev–Trinajstić information content (AvgIpc) is 2.64. The van der Waals surface area contributed by atoms with Crippen LogP contribution in [-0.2, 0) is 11.3 Å². The number of rotatable bonds is 8. The van der Waals surface area contributed by atoms with Crippen molar-refractivity contribution >= 4 is 6.03 Å². The number of carbonyl (C=O) groups is 1. The van der Waals surface area contributed by atoms with E-state index >= 15 is 0 Å². The van der Waals surface area contributed by atoms with Crippen LogP contribution in [0.1, 0.15) is 38.1 Å². The Morgan fingerprint density at radius 1 is 1.24 bits per heavy atom. The standard InChI is InChI=1S/C19H32N4O2/c1-4-16(5-2)18(23-9-11-25-12-10-23)14-21-19(24)20-13-17-8-6-7-15(3)22-17/h6-8,16,18H,4-5,9-14H2,1-3H3,(H2,20,21,24). The molecule has 1 aromatic heterocycles. The number of morpholine rings is 1. The first-order valence-corrected chi connectivity index (χ1v) is 9.40. The van der Waals surface area contributed by atoms with Crippen LogP contribution in [0.25, 0.3) is 0 Å². The Kier molecular flexibility index (Phi) is 8.15. The maximum Gasteiger partial charge on any atom is 0.315 e. The molecule has 0 aliphatic carbocycles. The van der Waals surface area contributed by atoms with Crippen molar-refractivity contribution in [3.63, 3.8) is 0 Å². The molecule has 6 heteroatoms. The second kappa shape index (κ2) is 10.4. The summed E-state index contributed by atoms with van der Waals surface area (Å²) < 4.78 is 5.47. The van der Waals surface area contributed by atoms with Gasteiger partial charge in [-0.05, 0) is 25.0 Å². The smallest absolute Gasteiger partial charge is 0.315 e. The second-order valence-electron chi connectivity index (χ2n) is 6.63. The number of ether oxygens (including phenoxy) is 1. The van der Waals surface area contributed by atoms with Gasteiger partial charge < -0.3 is 15.4 Å². The van der Waals surface area contributed by atoms with E-state index < -0.39 is 0 Å². The van der Waals surface area contributed by atoms with Gasteiger partial charge in [-0.3, -0.25) is 9.88 Å². The van der Waals surface area contributed by atoms with E-state index in [4.69, 9.17) is 4.74 Å². The van der Waals surface area contributed by atoms with E-state index in [0.29, 0.717) is 25.0 Å². The molecule has 6 nitrogen and oxygen atoms in total. The molecule has 1 fully saturated rings. The highest BCUT2D eigenvalue weighted by molar-refractivity contribution is 5.73. The van der Waals surface area contributed by atoms with Crippen molar-refractivity contribution in [2.24, 2.45) is 5.92 Å². The zero-order valence-electron chi connectivity index (χ0n) is 15.8. The highest BCUT2D eigenvalue weighted by Crippen LogP contribution is 2.19. The van der Waals surface area contributed by atoms with E-state index in [0.717, 1.165) is 50.5 Å². The number of carbonyl (C=O) groups excluding carboxylic acids is 1. The summed E-state index contributed by atoms with van der Waals surface area (Å²) in [6, 6.07) is 6.06. The number of hydrogen-bond acceptors (Lipinski definition) is 4. The molecule has 2 heterocycles. The summed E-state index contributed by atoms with van der Waals surface area (Å²) in [7, 11) is 0. The Bertz CT molecular complexity index is 528. The summed E-state index contributed by atoms with van der Waals surface area (Å²) in [5.41, 5.74) is 1.83. The summed E-state index contributed by atoms with van der Waals surface area (Å²) in [5.74, 6) is 0.580. The Morgan fingerprint density at radius 2 is 1.96 bits per heavy atom. The van der Waals surface area contributed by atoms with Gasteiger partial charge in [-0.15, -0.1) is 0 Å². The third-order valence-electron chi connectivity index (χ3n) is 4.96. The van der Waals surface area contributed by atoms with Crippen LogP contribution in [-0.4, -0.2) is 54.8 Å². The summed E-state index contributed by atoms with van der Waals surface area (Å²) in [6.07, 6.45) is 2.24. The maximum absolute atomic E-state index is 12.2. The summed E-state index contributed by atoms with van der Waals surface area (Å²) in [4.78, 5) is 19.1. The highest BCUT2D eigenvalue weighted by Gasteiger charge is 2.27. The molecule has 2 rings (SSSR count). The number of urea groups is 1. The highest BCUT2D eigenvalue weighted by atomic mass is 16.5. The minimum absolute atomic E-state index is 0.132. The van der Waals surface area contributed by atoms with Crippen molar-refractivity contribution in [3.05, 3.63) is 29.6 Å². The van der Waals surface area contributed by atoms with Gasteiger partial charge in [-0.1, -0.05) is 32.8 Å². The van der Waals surface area contributed by atoms with E-state index in [2.05, 4.69) is 34.4 Å². The monoisotopic (exact) mass is 348 g/mol. The summed E-state index contributed by atoms with van der Waals surface area (Å²) >= 11 is 0. The third kappa shape index (κ3) is 6.29. The molecule has 1 aromatic rings. The van der Waals surface area contributed by atoms with Gasteiger partial charge in [0.05, 0.1) is 25.5 Å². The Morgan fingerprint density at radius 3 is 2.60 bits per heavy atom. The molecule has 0 aromatic carbocycles. The van der Waals surface area contributed by atoms with Gasteiger partial charge in [0.1, 0.15) is 0 Å². The molecule has 0 radical (unpaired) electrons. The van der Waals surface area contributed by atoms with Gasteiger partial charge in [-0.25, -0.2) is 4.79 Å². The molecular formula is C19H32N4O2. The number of hydrogen-bond donors (Lipinski definition) is 2. The molecule has 1 saturated heterocycles. The second-order valence-corrected chi connectivity index (χ2v) is 6.63. The molecule has 1 aliphatic heterocycles. The number of aryl methyl sites for hydroxylation is 1. The normalized spacial score (nSPS) is 16.6. The predicted molar refractivity (Wildman–Crippen MR) is 99.5 cm³/mol. The first-order chi connectivity index (χ1) is 12.1. The summed E-state index contributed by atoms with van der Waals surface area (Å²) in [6.45, 7) is 11.0. The molecule has 0 spiro atoms. The van der Waals surface area contributed by atoms with Crippen LogP contribution in [0, 0.1) is 12.8 Å². The fraction of sp³-hybridized carbons (Fsp3) is 0.684. The molecule has 0 saturated carbocycles. The van der Waals surface area contributed by atoms with Gasteiger partial charge in [0, 0.05) is 31.4 Å². The molecule has 2 amide bonds. The zero-order valence-corrected chi connectivity index (χ0v) is 15.8. The average molecular weight is 348 g/mol. The molecular weight excluding hydrogens is 316 g/mol. The van der Waals surface area contributed by atoms with Crippen molar-refractivity contribution < 1.29 is 9.53 Å². The Balaban J connectivity index is 1.84. The van der Waals surface area contributed by atoms with Gasteiger partial charge >= 0.3 is 6.03 Å². The molecule has 1 atom stereocenters. The van der Waals surface area contributed by atoms with Crippen molar-refractivity contribution in [2.75, 3.05) is 32.8 Å². The summed E-state index contributed by atoms with van der Waals surface area (Å²) in [5, 5.41) is 5.96. The van der Waals surface area contributed by atoms with Crippen molar-refractivity contribution in [2.45, 2.75) is 46.2 Å². The molecule has 0 bridgehead atoms. The number of nitrogens with one attached hydrogen (secondary N) is 2. The van der Waals surface area contributed by atoms with Crippen molar-refractivity contribution in [1.82, 2.24) is 20.5 Å². The van der Waals surface area contributed by atoms with Gasteiger partial charge in [0.2, 0.25) is 0 Å². The third-order valence-corrected chi connectivity index (χ3v) is 4.96. The van der Waals surface area contributed by atoms with Gasteiger partial charge in [0.25, 0.3) is 0 Å². The number of pyridine rings is 1. The lowest BCUT2D eigenvalue weighted by molar-refractivity contribution is 0.00237. The lowest BCUT2D eigenvalue weighted by atomic mass is 9.92. The van der Waals surface area contributed by atoms with Crippen molar-refractivity contribution in [1.29, 1.82) is 0 Å². The van der Waals surface area contributed by atoms with Crippen LogP contribution < -0.4 is 10.6 Å². The van der Waals surface area contributed by atoms with E-state index in [1.165, 1.54) is 0 Å².